The van der Waals surface area contributed by atoms with Gasteiger partial charge in [0.25, 0.3) is 0 Å². The zero-order valence-corrected chi connectivity index (χ0v) is 34.1. The number of hydrogen-bond donors (Lipinski definition) is 0. The minimum Gasteiger partial charge on any atom is -0.0616 e. The van der Waals surface area contributed by atoms with Gasteiger partial charge in [-0.2, -0.15) is 0 Å². The van der Waals surface area contributed by atoms with E-state index in [4.69, 9.17) is 0 Å². The van der Waals surface area contributed by atoms with E-state index in [1.54, 1.807) is 0 Å². The Balaban J connectivity index is 0.970. The predicted molar refractivity (Wildman–Crippen MR) is 263 cm³/mol. The first kappa shape index (κ1) is 34.3. The van der Waals surface area contributed by atoms with Gasteiger partial charge in [-0.3, -0.25) is 0 Å². The topological polar surface area (TPSA) is 0 Å². The van der Waals surface area contributed by atoms with Crippen molar-refractivity contribution in [3.8, 4) is 44.5 Å². The van der Waals surface area contributed by atoms with Crippen LogP contribution in [0.15, 0.2) is 206 Å². The highest BCUT2D eigenvalue weighted by molar-refractivity contribution is 6.25. The normalized spacial score (nSPS) is 13.2. The molecule has 0 heteroatoms. The van der Waals surface area contributed by atoms with Crippen LogP contribution in [0.25, 0.3) is 120 Å². The maximum atomic E-state index is 2.45. The lowest BCUT2D eigenvalue weighted by molar-refractivity contribution is 0.666. The lowest BCUT2D eigenvalue weighted by Gasteiger charge is -2.24. The summed E-state index contributed by atoms with van der Waals surface area (Å²) in [5.41, 5.74) is 13.0. The van der Waals surface area contributed by atoms with Crippen LogP contribution in [0.4, 0.5) is 0 Å². The summed E-state index contributed by atoms with van der Waals surface area (Å²) in [6.45, 7) is 4.80. The molecule has 284 valence electrons. The van der Waals surface area contributed by atoms with E-state index in [2.05, 4.69) is 220 Å². The first-order chi connectivity index (χ1) is 30.0. The van der Waals surface area contributed by atoms with Crippen molar-refractivity contribution >= 4 is 75.4 Å². The van der Waals surface area contributed by atoms with E-state index >= 15 is 0 Å². The second kappa shape index (κ2) is 12.7. The molecule has 0 spiro atoms. The van der Waals surface area contributed by atoms with E-state index in [1.807, 2.05) is 0 Å². The summed E-state index contributed by atoms with van der Waals surface area (Å²) in [5.74, 6) is 0. The first-order valence-electron chi connectivity index (χ1n) is 21.5. The smallest absolute Gasteiger partial charge is 0.0165 e. The van der Waals surface area contributed by atoms with E-state index in [0.29, 0.717) is 0 Å². The van der Waals surface area contributed by atoms with Crippen LogP contribution in [-0.4, -0.2) is 0 Å². The standard InChI is InChI=1S/C61H40/c1-61(2)56-33-31-41(36-55(56)59-48-18-7-5-16-43(48)44-17-6-12-23-53(44)60(59)61)37-26-28-38(29-27-37)57-49-19-8-10-21-51(49)58(52-22-11-9-20-50(52)57)47-25-13-24-45-46(47)32-30-42-34-39-14-3-4-15-40(39)35-54(42)45/h3-36H,1-2H3. The van der Waals surface area contributed by atoms with Crippen molar-refractivity contribution in [3.63, 3.8) is 0 Å². The van der Waals surface area contributed by atoms with Gasteiger partial charge in [-0.15, -0.1) is 0 Å². The molecule has 13 rings (SSSR count). The van der Waals surface area contributed by atoms with Crippen molar-refractivity contribution in [1.29, 1.82) is 0 Å². The molecule has 0 unspecified atom stereocenters. The molecule has 12 aromatic carbocycles. The molecule has 1 aliphatic carbocycles. The largest absolute Gasteiger partial charge is 0.0616 e. The number of fused-ring (bicyclic) bond motifs is 14. The first-order valence-corrected chi connectivity index (χ1v) is 21.5. The summed E-state index contributed by atoms with van der Waals surface area (Å²) in [5, 5.41) is 18.1. The van der Waals surface area contributed by atoms with Gasteiger partial charge in [0.2, 0.25) is 0 Å². The van der Waals surface area contributed by atoms with Crippen molar-refractivity contribution < 1.29 is 0 Å². The van der Waals surface area contributed by atoms with E-state index < -0.39 is 0 Å². The third-order valence-corrected chi connectivity index (χ3v) is 14.0. The molecular weight excluding hydrogens is 733 g/mol. The predicted octanol–water partition coefficient (Wildman–Crippen LogP) is 17.1. The molecule has 12 aromatic rings. The van der Waals surface area contributed by atoms with Crippen LogP contribution < -0.4 is 0 Å². The average molecular weight is 773 g/mol. The zero-order chi connectivity index (χ0) is 40.4. The Labute approximate surface area is 355 Å². The molecule has 0 aromatic heterocycles. The molecule has 0 radical (unpaired) electrons. The van der Waals surface area contributed by atoms with Gasteiger partial charge >= 0.3 is 0 Å². The van der Waals surface area contributed by atoms with Gasteiger partial charge in [0.1, 0.15) is 0 Å². The highest BCUT2D eigenvalue weighted by atomic mass is 14.4. The molecule has 1 aliphatic rings. The second-order valence-corrected chi connectivity index (χ2v) is 17.5. The van der Waals surface area contributed by atoms with Crippen LogP contribution in [0.3, 0.4) is 0 Å². The van der Waals surface area contributed by atoms with Crippen LogP contribution in [0.1, 0.15) is 25.0 Å². The van der Waals surface area contributed by atoms with Crippen molar-refractivity contribution in [2.75, 3.05) is 0 Å². The number of hydrogen-bond acceptors (Lipinski definition) is 0. The average Bonchev–Trinajstić information content (AvgIpc) is 3.56. The van der Waals surface area contributed by atoms with Crippen LogP contribution in [0.5, 0.6) is 0 Å². The Morgan fingerprint density at radius 1 is 0.262 bits per heavy atom. The van der Waals surface area contributed by atoms with Crippen molar-refractivity contribution in [3.05, 3.63) is 217 Å². The lowest BCUT2D eigenvalue weighted by atomic mass is 9.79. The SMILES string of the molecule is CC1(C)c2ccc(-c3ccc(-c4c5ccccc5c(-c5cccc6c5ccc5cc7ccccc7cc56)c5ccccc45)cc3)cc2-c2c1c1ccccc1c1ccccc21. The molecule has 0 N–H and O–H groups in total. The zero-order valence-electron chi connectivity index (χ0n) is 34.1. The van der Waals surface area contributed by atoms with Crippen LogP contribution in [-0.2, 0) is 5.41 Å². The van der Waals surface area contributed by atoms with E-state index in [9.17, 15) is 0 Å². The molecule has 0 saturated heterocycles. The number of rotatable bonds is 3. The molecular formula is C61H40. The van der Waals surface area contributed by atoms with Gasteiger partial charge < -0.3 is 0 Å². The fourth-order valence-corrected chi connectivity index (χ4v) is 11.2. The van der Waals surface area contributed by atoms with Crippen LogP contribution >= 0.6 is 0 Å². The Kier molecular flexibility index (Phi) is 7.17. The van der Waals surface area contributed by atoms with E-state index in [1.165, 1.54) is 131 Å². The Morgan fingerprint density at radius 2 is 0.754 bits per heavy atom. The highest BCUT2D eigenvalue weighted by Crippen LogP contribution is 2.55. The summed E-state index contributed by atoms with van der Waals surface area (Å²) < 4.78 is 0. The summed E-state index contributed by atoms with van der Waals surface area (Å²) in [4.78, 5) is 0. The van der Waals surface area contributed by atoms with Crippen LogP contribution in [0.2, 0.25) is 0 Å². The molecule has 0 heterocycles. The molecule has 0 atom stereocenters. The summed E-state index contributed by atoms with van der Waals surface area (Å²) >= 11 is 0. The monoisotopic (exact) mass is 772 g/mol. The third-order valence-electron chi connectivity index (χ3n) is 14.0. The molecule has 61 heavy (non-hydrogen) atoms. The molecule has 0 bridgehead atoms. The van der Waals surface area contributed by atoms with Gasteiger partial charge in [0.05, 0.1) is 0 Å². The fourth-order valence-electron chi connectivity index (χ4n) is 11.2. The second-order valence-electron chi connectivity index (χ2n) is 17.5. The molecule has 0 nitrogen and oxygen atoms in total. The quantitative estimate of drug-likeness (QED) is 0.124. The van der Waals surface area contributed by atoms with Crippen LogP contribution in [0, 0.1) is 0 Å². The van der Waals surface area contributed by atoms with Gasteiger partial charge in [-0.25, -0.2) is 0 Å². The molecule has 0 aliphatic heterocycles. The Morgan fingerprint density at radius 3 is 1.43 bits per heavy atom. The summed E-state index contributed by atoms with van der Waals surface area (Å²) in [6, 6.07) is 77.4. The fraction of sp³-hybridized carbons (Fsp3) is 0.0492. The molecule has 0 saturated carbocycles. The van der Waals surface area contributed by atoms with Crippen molar-refractivity contribution in [1.82, 2.24) is 0 Å². The minimum absolute atomic E-state index is 0.111. The maximum absolute atomic E-state index is 2.45. The van der Waals surface area contributed by atoms with Gasteiger partial charge in [-0.05, 0) is 149 Å². The third kappa shape index (κ3) is 4.88. The number of benzene rings is 12. The molecule has 0 amide bonds. The maximum Gasteiger partial charge on any atom is 0.0165 e. The van der Waals surface area contributed by atoms with Gasteiger partial charge in [0.15, 0.2) is 0 Å². The Bertz CT molecular complexity index is 3770. The van der Waals surface area contributed by atoms with E-state index in [0.717, 1.165) is 0 Å². The Hall–Kier alpha value is -7.54. The van der Waals surface area contributed by atoms with Crippen molar-refractivity contribution in [2.45, 2.75) is 19.3 Å². The highest BCUT2D eigenvalue weighted by Gasteiger charge is 2.38. The lowest BCUT2D eigenvalue weighted by Crippen LogP contribution is -2.15. The molecule has 0 fully saturated rings. The minimum atomic E-state index is -0.111. The summed E-state index contributed by atoms with van der Waals surface area (Å²) in [7, 11) is 0. The van der Waals surface area contributed by atoms with E-state index in [-0.39, 0.29) is 5.41 Å². The van der Waals surface area contributed by atoms with Gasteiger partial charge in [0, 0.05) is 5.41 Å². The summed E-state index contributed by atoms with van der Waals surface area (Å²) in [6.07, 6.45) is 0. The van der Waals surface area contributed by atoms with Crippen molar-refractivity contribution in [2.24, 2.45) is 0 Å². The van der Waals surface area contributed by atoms with Gasteiger partial charge in [-0.1, -0.05) is 202 Å².